The van der Waals surface area contributed by atoms with Gasteiger partial charge in [-0.3, -0.25) is 4.99 Å². The summed E-state index contributed by atoms with van der Waals surface area (Å²) in [6.07, 6.45) is 1.46. The predicted molar refractivity (Wildman–Crippen MR) is 57.4 cm³/mol. The van der Waals surface area contributed by atoms with E-state index in [4.69, 9.17) is 11.0 Å². The average molecular weight is 212 g/mol. The lowest BCUT2D eigenvalue weighted by Crippen LogP contribution is -2.22. The smallest absolute Gasteiger partial charge is 0.194 e. The maximum absolute atomic E-state index is 8.50. The van der Waals surface area contributed by atoms with Gasteiger partial charge in [0.25, 0.3) is 0 Å². The zero-order chi connectivity index (χ0) is 9.68. The van der Waals surface area contributed by atoms with Crippen molar-refractivity contribution in [2.45, 2.75) is 0 Å². The van der Waals surface area contributed by atoms with E-state index in [1.54, 1.807) is 19.2 Å². The van der Waals surface area contributed by atoms with E-state index in [2.05, 4.69) is 15.3 Å². The number of rotatable bonds is 1. The number of nitriles is 1. The monoisotopic (exact) mass is 211 g/mol. The average Bonchev–Trinajstić information content (AvgIpc) is 2.19. The Hall–Kier alpha value is -1.80. The normalized spacial score (nSPS) is 9.86. The Labute approximate surface area is 88.1 Å². The van der Waals surface area contributed by atoms with Gasteiger partial charge in [0.1, 0.15) is 11.9 Å². The predicted octanol–water partition coefficient (Wildman–Crippen LogP) is 0.731. The van der Waals surface area contributed by atoms with Gasteiger partial charge in [0.05, 0.1) is 5.56 Å². The van der Waals surface area contributed by atoms with E-state index in [9.17, 15) is 0 Å². The fourth-order valence-electron chi connectivity index (χ4n) is 0.721. The number of nitrogens with two attached hydrogens (primary N) is 1. The van der Waals surface area contributed by atoms with E-state index in [-0.39, 0.29) is 18.4 Å². The molecule has 0 atom stereocenters. The Kier molecular flexibility index (Phi) is 5.04. The summed E-state index contributed by atoms with van der Waals surface area (Å²) in [5, 5.41) is 11.2. The Morgan fingerprint density at radius 2 is 2.36 bits per heavy atom. The van der Waals surface area contributed by atoms with Crippen molar-refractivity contribution in [2.75, 3.05) is 12.4 Å². The fourth-order valence-corrected chi connectivity index (χ4v) is 0.721. The summed E-state index contributed by atoms with van der Waals surface area (Å²) in [4.78, 5) is 7.65. The molecule has 0 amide bonds. The van der Waals surface area contributed by atoms with Crippen molar-refractivity contribution >= 4 is 24.2 Å². The van der Waals surface area contributed by atoms with Crippen LogP contribution in [0, 0.1) is 11.3 Å². The van der Waals surface area contributed by atoms with Crippen LogP contribution in [0.25, 0.3) is 0 Å². The highest BCUT2D eigenvalue weighted by Crippen LogP contribution is 2.02. The molecule has 0 aliphatic rings. The summed E-state index contributed by atoms with van der Waals surface area (Å²) in [6, 6.07) is 5.28. The molecule has 1 rings (SSSR count). The van der Waals surface area contributed by atoms with Crippen LogP contribution >= 0.6 is 12.4 Å². The SMILES string of the molecule is CN=C(N)Nc1ccc(C#N)cn1.Cl. The highest BCUT2D eigenvalue weighted by Gasteiger charge is 1.95. The Bertz CT molecular complexity index is 351. The minimum absolute atomic E-state index is 0. The van der Waals surface area contributed by atoms with Crippen molar-refractivity contribution in [1.29, 1.82) is 5.26 Å². The number of pyridine rings is 1. The Balaban J connectivity index is 0.00000169. The summed E-state index contributed by atoms with van der Waals surface area (Å²) in [5.41, 5.74) is 5.92. The molecule has 1 heterocycles. The lowest BCUT2D eigenvalue weighted by molar-refractivity contribution is 1.28. The summed E-state index contributed by atoms with van der Waals surface area (Å²) < 4.78 is 0. The minimum atomic E-state index is 0. The molecule has 6 heteroatoms. The van der Waals surface area contributed by atoms with Crippen molar-refractivity contribution < 1.29 is 0 Å². The van der Waals surface area contributed by atoms with Crippen LogP contribution in [0.5, 0.6) is 0 Å². The van der Waals surface area contributed by atoms with Crippen LogP contribution in [0.3, 0.4) is 0 Å². The van der Waals surface area contributed by atoms with Crippen molar-refractivity contribution in [1.82, 2.24) is 4.98 Å². The second-order valence-electron chi connectivity index (χ2n) is 2.28. The van der Waals surface area contributed by atoms with Gasteiger partial charge < -0.3 is 11.1 Å². The molecule has 0 spiro atoms. The number of anilines is 1. The topological polar surface area (TPSA) is 87.1 Å². The van der Waals surface area contributed by atoms with Gasteiger partial charge in [0.15, 0.2) is 5.96 Å². The van der Waals surface area contributed by atoms with Crippen LogP contribution in [-0.2, 0) is 0 Å². The first-order valence-electron chi connectivity index (χ1n) is 3.61. The Morgan fingerprint density at radius 1 is 1.64 bits per heavy atom. The molecule has 0 aliphatic carbocycles. The van der Waals surface area contributed by atoms with Crippen LogP contribution in [0.4, 0.5) is 5.82 Å². The number of hydrogen-bond donors (Lipinski definition) is 2. The van der Waals surface area contributed by atoms with Crippen molar-refractivity contribution in [3.05, 3.63) is 23.9 Å². The van der Waals surface area contributed by atoms with Gasteiger partial charge in [-0.1, -0.05) is 0 Å². The van der Waals surface area contributed by atoms with Crippen molar-refractivity contribution in [3.8, 4) is 6.07 Å². The number of hydrogen-bond acceptors (Lipinski definition) is 3. The first-order chi connectivity index (χ1) is 6.26. The van der Waals surface area contributed by atoms with Gasteiger partial charge in [-0.05, 0) is 12.1 Å². The van der Waals surface area contributed by atoms with Gasteiger partial charge in [0.2, 0.25) is 0 Å². The van der Waals surface area contributed by atoms with Gasteiger partial charge in [0, 0.05) is 13.2 Å². The first-order valence-corrected chi connectivity index (χ1v) is 3.61. The van der Waals surface area contributed by atoms with Crippen LogP contribution in [0.1, 0.15) is 5.56 Å². The van der Waals surface area contributed by atoms with E-state index >= 15 is 0 Å². The molecule has 5 nitrogen and oxygen atoms in total. The van der Waals surface area contributed by atoms with Crippen LogP contribution in [0.2, 0.25) is 0 Å². The molecule has 14 heavy (non-hydrogen) atoms. The minimum Gasteiger partial charge on any atom is -0.370 e. The zero-order valence-electron chi connectivity index (χ0n) is 7.56. The summed E-state index contributed by atoms with van der Waals surface area (Å²) >= 11 is 0. The molecular formula is C8H10ClN5. The molecule has 0 saturated heterocycles. The number of guanidine groups is 1. The quantitative estimate of drug-likeness (QED) is 0.530. The van der Waals surface area contributed by atoms with Gasteiger partial charge in [-0.15, -0.1) is 12.4 Å². The molecule has 0 unspecified atom stereocenters. The molecule has 0 bridgehead atoms. The molecule has 0 aliphatic heterocycles. The summed E-state index contributed by atoms with van der Waals surface area (Å²) in [5.74, 6) is 0.860. The van der Waals surface area contributed by atoms with E-state index in [0.717, 1.165) is 0 Å². The van der Waals surface area contributed by atoms with Crippen molar-refractivity contribution in [2.24, 2.45) is 10.7 Å². The molecule has 0 aromatic carbocycles. The highest BCUT2D eigenvalue weighted by atomic mass is 35.5. The molecule has 74 valence electrons. The number of nitrogens with zero attached hydrogens (tertiary/aromatic N) is 3. The lowest BCUT2D eigenvalue weighted by Gasteiger charge is -2.02. The second kappa shape index (κ2) is 5.78. The largest absolute Gasteiger partial charge is 0.370 e. The summed E-state index contributed by atoms with van der Waals surface area (Å²) in [6.45, 7) is 0. The molecule has 0 saturated carbocycles. The van der Waals surface area contributed by atoms with E-state index in [0.29, 0.717) is 11.4 Å². The molecule has 3 N–H and O–H groups in total. The van der Waals surface area contributed by atoms with Crippen molar-refractivity contribution in [3.63, 3.8) is 0 Å². The van der Waals surface area contributed by atoms with Gasteiger partial charge in [-0.2, -0.15) is 5.26 Å². The van der Waals surface area contributed by atoms with E-state index in [1.807, 2.05) is 6.07 Å². The second-order valence-corrected chi connectivity index (χ2v) is 2.28. The number of halogens is 1. The molecule has 1 aromatic rings. The maximum atomic E-state index is 8.50. The molecule has 0 fully saturated rings. The first kappa shape index (κ1) is 12.2. The van der Waals surface area contributed by atoms with Gasteiger partial charge >= 0.3 is 0 Å². The zero-order valence-corrected chi connectivity index (χ0v) is 8.38. The number of nitrogens with one attached hydrogen (secondary N) is 1. The molecule has 0 radical (unpaired) electrons. The van der Waals surface area contributed by atoms with Gasteiger partial charge in [-0.25, -0.2) is 4.98 Å². The van der Waals surface area contributed by atoms with E-state index in [1.165, 1.54) is 6.20 Å². The third kappa shape index (κ3) is 3.29. The summed E-state index contributed by atoms with van der Waals surface area (Å²) in [7, 11) is 1.58. The number of aromatic nitrogens is 1. The van der Waals surface area contributed by atoms with Crippen LogP contribution in [0.15, 0.2) is 23.3 Å². The standard InChI is InChI=1S/C8H9N5.ClH/c1-11-8(10)13-7-3-2-6(4-9)5-12-7;/h2-3,5H,1H3,(H3,10,11,12,13);1H. The van der Waals surface area contributed by atoms with Crippen LogP contribution < -0.4 is 11.1 Å². The highest BCUT2D eigenvalue weighted by molar-refractivity contribution is 5.91. The number of aliphatic imine (C=N–C) groups is 1. The van der Waals surface area contributed by atoms with E-state index < -0.39 is 0 Å². The Morgan fingerprint density at radius 3 is 2.79 bits per heavy atom. The van der Waals surface area contributed by atoms with Crippen LogP contribution in [-0.4, -0.2) is 18.0 Å². The maximum Gasteiger partial charge on any atom is 0.194 e. The molecule has 1 aromatic heterocycles. The fraction of sp³-hybridized carbons (Fsp3) is 0.125. The molecular weight excluding hydrogens is 202 g/mol. The third-order valence-electron chi connectivity index (χ3n) is 1.39. The third-order valence-corrected chi connectivity index (χ3v) is 1.39. The lowest BCUT2D eigenvalue weighted by atomic mass is 10.3.